The first-order valence-corrected chi connectivity index (χ1v) is 7.19. The minimum atomic E-state index is -0.0491. The number of carbonyl (C=O) groups is 1. The maximum Gasteiger partial charge on any atom is 0.228 e. The highest BCUT2D eigenvalue weighted by molar-refractivity contribution is 5.94. The van der Waals surface area contributed by atoms with E-state index in [0.717, 1.165) is 27.9 Å². The first-order valence-electron chi connectivity index (χ1n) is 7.19. The minimum Gasteiger partial charge on any atom is -0.494 e. The molecule has 0 saturated carbocycles. The van der Waals surface area contributed by atoms with E-state index in [-0.39, 0.29) is 5.91 Å². The van der Waals surface area contributed by atoms with Gasteiger partial charge in [-0.3, -0.25) is 9.89 Å². The average Bonchev–Trinajstić information content (AvgIpc) is 2.97. The SMILES string of the molecule is CCOc1ccc(CC(=O)Nc2ccc3[nH]ncc3c2)cc1. The zero-order valence-electron chi connectivity index (χ0n) is 12.3. The van der Waals surface area contributed by atoms with Crippen LogP contribution in [0.1, 0.15) is 12.5 Å². The molecular weight excluding hydrogens is 278 g/mol. The molecule has 0 spiro atoms. The zero-order chi connectivity index (χ0) is 15.4. The van der Waals surface area contributed by atoms with Crippen LogP contribution in [-0.4, -0.2) is 22.7 Å². The molecular formula is C17H17N3O2. The lowest BCUT2D eigenvalue weighted by Crippen LogP contribution is -2.14. The van der Waals surface area contributed by atoms with Crippen LogP contribution in [0.5, 0.6) is 5.75 Å². The van der Waals surface area contributed by atoms with Crippen molar-refractivity contribution in [1.29, 1.82) is 0 Å². The first kappa shape index (κ1) is 14.1. The predicted octanol–water partition coefficient (Wildman–Crippen LogP) is 3.14. The summed E-state index contributed by atoms with van der Waals surface area (Å²) in [5.41, 5.74) is 2.67. The summed E-state index contributed by atoms with van der Waals surface area (Å²) in [6, 6.07) is 13.2. The molecule has 5 heteroatoms. The van der Waals surface area contributed by atoms with Gasteiger partial charge in [0.1, 0.15) is 5.75 Å². The van der Waals surface area contributed by atoms with Crippen molar-refractivity contribution in [3.8, 4) is 5.75 Å². The number of carbonyl (C=O) groups excluding carboxylic acids is 1. The number of nitrogens with one attached hydrogen (secondary N) is 2. The molecule has 112 valence electrons. The van der Waals surface area contributed by atoms with E-state index in [0.29, 0.717) is 13.0 Å². The number of benzene rings is 2. The molecule has 0 aliphatic rings. The van der Waals surface area contributed by atoms with Gasteiger partial charge in [-0.05, 0) is 42.8 Å². The van der Waals surface area contributed by atoms with E-state index < -0.39 is 0 Å². The number of aromatic nitrogens is 2. The van der Waals surface area contributed by atoms with Gasteiger partial charge in [0.25, 0.3) is 0 Å². The molecule has 2 N–H and O–H groups in total. The summed E-state index contributed by atoms with van der Waals surface area (Å²) in [6.07, 6.45) is 2.06. The van der Waals surface area contributed by atoms with Crippen molar-refractivity contribution in [1.82, 2.24) is 10.2 Å². The standard InChI is InChI=1S/C17H17N3O2/c1-2-22-15-6-3-12(4-7-15)9-17(21)19-14-5-8-16-13(10-14)11-18-20-16/h3-8,10-11H,2,9H2,1H3,(H,18,20)(H,19,21). The molecule has 0 fully saturated rings. The normalized spacial score (nSPS) is 10.6. The Hall–Kier alpha value is -2.82. The van der Waals surface area contributed by atoms with Gasteiger partial charge in [0.05, 0.1) is 24.7 Å². The minimum absolute atomic E-state index is 0.0491. The van der Waals surface area contributed by atoms with Crippen LogP contribution in [-0.2, 0) is 11.2 Å². The summed E-state index contributed by atoms with van der Waals surface area (Å²) in [5, 5.41) is 10.7. The summed E-state index contributed by atoms with van der Waals surface area (Å²) < 4.78 is 5.39. The number of rotatable bonds is 5. The van der Waals surface area contributed by atoms with E-state index in [1.807, 2.05) is 49.4 Å². The molecule has 1 aromatic heterocycles. The molecule has 1 heterocycles. The second kappa shape index (κ2) is 6.30. The molecule has 0 saturated heterocycles. The highest BCUT2D eigenvalue weighted by Gasteiger charge is 2.05. The van der Waals surface area contributed by atoms with Gasteiger partial charge < -0.3 is 10.1 Å². The largest absolute Gasteiger partial charge is 0.494 e. The molecule has 0 aliphatic carbocycles. The van der Waals surface area contributed by atoms with Crippen molar-refractivity contribution in [3.63, 3.8) is 0 Å². The molecule has 3 aromatic rings. The van der Waals surface area contributed by atoms with Gasteiger partial charge >= 0.3 is 0 Å². The molecule has 0 atom stereocenters. The third kappa shape index (κ3) is 3.25. The molecule has 22 heavy (non-hydrogen) atoms. The van der Waals surface area contributed by atoms with Gasteiger partial charge in [-0.2, -0.15) is 5.10 Å². The predicted molar refractivity (Wildman–Crippen MR) is 86.0 cm³/mol. The Bertz CT molecular complexity index is 778. The van der Waals surface area contributed by atoms with Crippen molar-refractivity contribution in [2.45, 2.75) is 13.3 Å². The molecule has 3 rings (SSSR count). The van der Waals surface area contributed by atoms with E-state index in [4.69, 9.17) is 4.74 Å². The number of H-pyrrole nitrogens is 1. The van der Waals surface area contributed by atoms with E-state index in [1.54, 1.807) is 6.20 Å². The molecule has 5 nitrogen and oxygen atoms in total. The van der Waals surface area contributed by atoms with Crippen molar-refractivity contribution in [2.24, 2.45) is 0 Å². The smallest absolute Gasteiger partial charge is 0.228 e. The van der Waals surface area contributed by atoms with Gasteiger partial charge in [-0.25, -0.2) is 0 Å². The summed E-state index contributed by atoms with van der Waals surface area (Å²) >= 11 is 0. The third-order valence-corrected chi connectivity index (χ3v) is 3.32. The number of amides is 1. The quantitative estimate of drug-likeness (QED) is 0.760. The molecule has 2 aromatic carbocycles. The number of hydrogen-bond donors (Lipinski definition) is 2. The second-order valence-corrected chi connectivity index (χ2v) is 4.97. The lowest BCUT2D eigenvalue weighted by atomic mass is 10.1. The Morgan fingerprint density at radius 1 is 1.23 bits per heavy atom. The van der Waals surface area contributed by atoms with Crippen LogP contribution in [0.3, 0.4) is 0 Å². The number of aromatic amines is 1. The van der Waals surface area contributed by atoms with Crippen LogP contribution in [0.15, 0.2) is 48.7 Å². The molecule has 0 aliphatic heterocycles. The highest BCUT2D eigenvalue weighted by Crippen LogP contribution is 2.17. The van der Waals surface area contributed by atoms with Crippen molar-refractivity contribution in [2.75, 3.05) is 11.9 Å². The van der Waals surface area contributed by atoms with Gasteiger partial charge in [0.15, 0.2) is 0 Å². The average molecular weight is 295 g/mol. The maximum absolute atomic E-state index is 12.1. The van der Waals surface area contributed by atoms with Crippen LogP contribution >= 0.6 is 0 Å². The van der Waals surface area contributed by atoms with Gasteiger partial charge in [0, 0.05) is 11.1 Å². The Morgan fingerprint density at radius 2 is 2.05 bits per heavy atom. The highest BCUT2D eigenvalue weighted by atomic mass is 16.5. The van der Waals surface area contributed by atoms with E-state index >= 15 is 0 Å². The Labute approximate surface area is 128 Å². The molecule has 1 amide bonds. The monoisotopic (exact) mass is 295 g/mol. The number of anilines is 1. The van der Waals surface area contributed by atoms with Crippen molar-refractivity contribution < 1.29 is 9.53 Å². The van der Waals surface area contributed by atoms with Crippen molar-refractivity contribution >= 4 is 22.5 Å². The summed E-state index contributed by atoms with van der Waals surface area (Å²) in [6.45, 7) is 2.58. The summed E-state index contributed by atoms with van der Waals surface area (Å²) in [5.74, 6) is 0.768. The number of hydrogen-bond acceptors (Lipinski definition) is 3. The fraction of sp³-hybridized carbons (Fsp3) is 0.176. The van der Waals surface area contributed by atoms with Gasteiger partial charge in [0.2, 0.25) is 5.91 Å². The van der Waals surface area contributed by atoms with E-state index in [1.165, 1.54) is 0 Å². The zero-order valence-corrected chi connectivity index (χ0v) is 12.3. The Kier molecular flexibility index (Phi) is 4.05. The van der Waals surface area contributed by atoms with Crippen LogP contribution in [0.2, 0.25) is 0 Å². The van der Waals surface area contributed by atoms with Crippen LogP contribution < -0.4 is 10.1 Å². The molecule has 0 unspecified atom stereocenters. The summed E-state index contributed by atoms with van der Waals surface area (Å²) in [7, 11) is 0. The molecule has 0 radical (unpaired) electrons. The lowest BCUT2D eigenvalue weighted by Gasteiger charge is -2.07. The Balaban J connectivity index is 1.63. The van der Waals surface area contributed by atoms with Crippen molar-refractivity contribution in [3.05, 3.63) is 54.2 Å². The van der Waals surface area contributed by atoms with E-state index in [2.05, 4.69) is 15.5 Å². The molecule has 0 bridgehead atoms. The number of ether oxygens (including phenoxy) is 1. The Morgan fingerprint density at radius 3 is 2.82 bits per heavy atom. The van der Waals surface area contributed by atoms with E-state index in [9.17, 15) is 4.79 Å². The first-order chi connectivity index (χ1) is 10.7. The topological polar surface area (TPSA) is 67.0 Å². The maximum atomic E-state index is 12.1. The van der Waals surface area contributed by atoms with Crippen LogP contribution in [0, 0.1) is 0 Å². The number of nitrogens with zero attached hydrogens (tertiary/aromatic N) is 1. The van der Waals surface area contributed by atoms with Crippen LogP contribution in [0.25, 0.3) is 10.9 Å². The lowest BCUT2D eigenvalue weighted by molar-refractivity contribution is -0.115. The van der Waals surface area contributed by atoms with Gasteiger partial charge in [-0.15, -0.1) is 0 Å². The second-order valence-electron chi connectivity index (χ2n) is 4.97. The van der Waals surface area contributed by atoms with Gasteiger partial charge in [-0.1, -0.05) is 12.1 Å². The fourth-order valence-corrected chi connectivity index (χ4v) is 2.28. The van der Waals surface area contributed by atoms with Crippen LogP contribution in [0.4, 0.5) is 5.69 Å². The number of fused-ring (bicyclic) bond motifs is 1. The third-order valence-electron chi connectivity index (χ3n) is 3.32. The summed E-state index contributed by atoms with van der Waals surface area (Å²) in [4.78, 5) is 12.1. The fourth-order valence-electron chi connectivity index (χ4n) is 2.28.